The predicted molar refractivity (Wildman–Crippen MR) is 73.0 cm³/mol. The number of fused-ring (bicyclic) bond motifs is 1. The number of nitrogens with zero attached hydrogens (tertiary/aromatic N) is 1. The number of carbonyl (C=O) groups is 1. The van der Waals surface area contributed by atoms with E-state index in [9.17, 15) is 4.79 Å². The van der Waals surface area contributed by atoms with E-state index in [0.717, 1.165) is 24.8 Å². The van der Waals surface area contributed by atoms with Crippen LogP contribution in [-0.2, 0) is 6.42 Å². The highest BCUT2D eigenvalue weighted by molar-refractivity contribution is 5.98. The van der Waals surface area contributed by atoms with Gasteiger partial charge in [0, 0.05) is 29.9 Å². The second-order valence-corrected chi connectivity index (χ2v) is 6.61. The monoisotopic (exact) mass is 245 g/mol. The number of aromatic nitrogens is 1. The minimum Gasteiger partial charge on any atom is -0.347 e. The number of hydrogen-bond donors (Lipinski definition) is 0. The molecule has 2 nitrogen and oxygen atoms in total. The van der Waals surface area contributed by atoms with E-state index in [-0.39, 0.29) is 0 Å². The van der Waals surface area contributed by atoms with Gasteiger partial charge in [-0.1, -0.05) is 26.7 Å². The van der Waals surface area contributed by atoms with Crippen molar-refractivity contribution in [2.75, 3.05) is 0 Å². The molecule has 1 aromatic rings. The molecule has 0 radical (unpaired) electrons. The van der Waals surface area contributed by atoms with Crippen molar-refractivity contribution in [2.24, 2.45) is 5.41 Å². The van der Waals surface area contributed by atoms with Gasteiger partial charge in [0.05, 0.1) is 0 Å². The fourth-order valence-corrected chi connectivity index (χ4v) is 3.83. The second kappa shape index (κ2) is 4.25. The molecule has 1 aromatic heterocycles. The first-order valence-electron chi connectivity index (χ1n) is 7.32. The molecule has 2 aliphatic carbocycles. The average Bonchev–Trinajstić information content (AvgIpc) is 2.74. The van der Waals surface area contributed by atoms with Gasteiger partial charge in [-0.3, -0.25) is 4.79 Å². The Bertz CT molecular complexity index is 469. The number of rotatable bonds is 1. The molecule has 1 fully saturated rings. The smallest absolute Gasteiger partial charge is 0.164 e. The fraction of sp³-hybridized carbons (Fsp3) is 0.688. The molecule has 1 heterocycles. The Morgan fingerprint density at radius 3 is 2.83 bits per heavy atom. The van der Waals surface area contributed by atoms with Gasteiger partial charge in [-0.2, -0.15) is 0 Å². The molecule has 18 heavy (non-hydrogen) atoms. The third-order valence-corrected chi connectivity index (χ3v) is 4.93. The van der Waals surface area contributed by atoms with Gasteiger partial charge in [0.25, 0.3) is 0 Å². The lowest BCUT2D eigenvalue weighted by atomic mass is 9.73. The number of Topliss-reactive ketones (excluding diaryl/α,β-unsaturated/α-hetero) is 1. The maximum absolute atomic E-state index is 11.9. The summed E-state index contributed by atoms with van der Waals surface area (Å²) in [6.07, 6.45) is 10.3. The maximum Gasteiger partial charge on any atom is 0.164 e. The topological polar surface area (TPSA) is 22.0 Å². The molecule has 0 spiro atoms. The van der Waals surface area contributed by atoms with Gasteiger partial charge in [-0.15, -0.1) is 0 Å². The Hall–Kier alpha value is -1.05. The molecule has 1 atom stereocenters. The molecule has 0 aliphatic heterocycles. The van der Waals surface area contributed by atoms with E-state index in [1.807, 2.05) is 0 Å². The average molecular weight is 245 g/mol. The summed E-state index contributed by atoms with van der Waals surface area (Å²) in [5.74, 6) is 0.351. The molecule has 0 N–H and O–H groups in total. The van der Waals surface area contributed by atoms with Crippen LogP contribution in [0.3, 0.4) is 0 Å². The Labute approximate surface area is 109 Å². The summed E-state index contributed by atoms with van der Waals surface area (Å²) in [6, 6.07) is 2.64. The standard InChI is InChI=1S/C16H23NO/c1-16(2)10-4-3-8-15(16)17-11-9-12-13(17)6-5-7-14(12)18/h9,11,15H,3-8,10H2,1-2H3. The fourth-order valence-electron chi connectivity index (χ4n) is 3.83. The van der Waals surface area contributed by atoms with E-state index < -0.39 is 0 Å². The lowest BCUT2D eigenvalue weighted by Gasteiger charge is -2.40. The van der Waals surface area contributed by atoms with Crippen molar-refractivity contribution in [3.05, 3.63) is 23.5 Å². The summed E-state index contributed by atoms with van der Waals surface area (Å²) in [5, 5.41) is 0. The van der Waals surface area contributed by atoms with Crippen molar-refractivity contribution in [1.29, 1.82) is 0 Å². The highest BCUT2D eigenvalue weighted by atomic mass is 16.1. The minimum atomic E-state index is 0.351. The van der Waals surface area contributed by atoms with Crippen molar-refractivity contribution in [3.8, 4) is 0 Å². The highest BCUT2D eigenvalue weighted by Crippen LogP contribution is 2.45. The Morgan fingerprint density at radius 2 is 2.06 bits per heavy atom. The van der Waals surface area contributed by atoms with Crippen molar-refractivity contribution in [2.45, 2.75) is 64.8 Å². The molecule has 0 saturated heterocycles. The molecule has 1 unspecified atom stereocenters. The van der Waals surface area contributed by atoms with E-state index in [2.05, 4.69) is 30.7 Å². The van der Waals surface area contributed by atoms with Gasteiger partial charge in [-0.25, -0.2) is 0 Å². The van der Waals surface area contributed by atoms with Crippen LogP contribution < -0.4 is 0 Å². The van der Waals surface area contributed by atoms with Crippen molar-refractivity contribution in [1.82, 2.24) is 4.57 Å². The summed E-state index contributed by atoms with van der Waals surface area (Å²) in [6.45, 7) is 4.77. The maximum atomic E-state index is 11.9. The third kappa shape index (κ3) is 1.82. The third-order valence-electron chi connectivity index (χ3n) is 4.93. The first kappa shape index (κ1) is 12.0. The highest BCUT2D eigenvalue weighted by Gasteiger charge is 2.35. The van der Waals surface area contributed by atoms with Crippen LogP contribution in [0.5, 0.6) is 0 Å². The zero-order valence-electron chi connectivity index (χ0n) is 11.5. The molecule has 1 saturated carbocycles. The molecular formula is C16H23NO. The molecule has 3 rings (SSSR count). The zero-order chi connectivity index (χ0) is 12.8. The molecule has 0 bridgehead atoms. The van der Waals surface area contributed by atoms with E-state index in [1.165, 1.54) is 31.4 Å². The van der Waals surface area contributed by atoms with E-state index in [1.54, 1.807) is 0 Å². The largest absolute Gasteiger partial charge is 0.347 e. The summed E-state index contributed by atoms with van der Waals surface area (Å²) in [5.41, 5.74) is 2.68. The summed E-state index contributed by atoms with van der Waals surface area (Å²) < 4.78 is 2.44. The quantitative estimate of drug-likeness (QED) is 0.728. The molecule has 0 amide bonds. The summed E-state index contributed by atoms with van der Waals surface area (Å²) in [4.78, 5) is 11.9. The van der Waals surface area contributed by atoms with Crippen LogP contribution in [0.15, 0.2) is 12.3 Å². The van der Waals surface area contributed by atoms with Crippen molar-refractivity contribution >= 4 is 5.78 Å². The van der Waals surface area contributed by atoms with Crippen LogP contribution in [0, 0.1) is 5.41 Å². The van der Waals surface area contributed by atoms with Crippen LogP contribution in [0.4, 0.5) is 0 Å². The van der Waals surface area contributed by atoms with Gasteiger partial charge >= 0.3 is 0 Å². The van der Waals surface area contributed by atoms with Gasteiger partial charge in [-0.05, 0) is 37.2 Å². The van der Waals surface area contributed by atoms with Crippen molar-refractivity contribution < 1.29 is 4.79 Å². The van der Waals surface area contributed by atoms with Crippen LogP contribution in [-0.4, -0.2) is 10.4 Å². The van der Waals surface area contributed by atoms with Gasteiger partial charge in [0.1, 0.15) is 0 Å². The van der Waals surface area contributed by atoms with Crippen LogP contribution in [0.1, 0.15) is 74.5 Å². The molecule has 98 valence electrons. The molecule has 2 aliphatic rings. The van der Waals surface area contributed by atoms with E-state index in [0.29, 0.717) is 17.2 Å². The summed E-state index contributed by atoms with van der Waals surface area (Å²) >= 11 is 0. The molecular weight excluding hydrogens is 222 g/mol. The first-order chi connectivity index (χ1) is 8.59. The number of carbonyl (C=O) groups excluding carboxylic acids is 1. The number of ketones is 1. The Kier molecular flexibility index (Phi) is 2.84. The van der Waals surface area contributed by atoms with Crippen LogP contribution >= 0.6 is 0 Å². The first-order valence-corrected chi connectivity index (χ1v) is 7.32. The Balaban J connectivity index is 1.99. The second-order valence-electron chi connectivity index (χ2n) is 6.61. The lowest BCUT2D eigenvalue weighted by molar-refractivity contribution is 0.0967. The van der Waals surface area contributed by atoms with Crippen LogP contribution in [0.2, 0.25) is 0 Å². The minimum absolute atomic E-state index is 0.351. The van der Waals surface area contributed by atoms with Gasteiger partial charge < -0.3 is 4.57 Å². The number of hydrogen-bond acceptors (Lipinski definition) is 1. The normalized spacial score (nSPS) is 27.0. The predicted octanol–water partition coefficient (Wildman–Crippen LogP) is 4.15. The lowest BCUT2D eigenvalue weighted by Crippen LogP contribution is -2.31. The molecule has 2 heteroatoms. The Morgan fingerprint density at radius 1 is 1.22 bits per heavy atom. The van der Waals surface area contributed by atoms with Gasteiger partial charge in [0.15, 0.2) is 5.78 Å². The summed E-state index contributed by atoms with van der Waals surface area (Å²) in [7, 11) is 0. The van der Waals surface area contributed by atoms with Crippen LogP contribution in [0.25, 0.3) is 0 Å². The van der Waals surface area contributed by atoms with Crippen molar-refractivity contribution in [3.63, 3.8) is 0 Å². The SMILES string of the molecule is CC1(C)CCCCC1n1ccc2c1CCCC2=O. The van der Waals surface area contributed by atoms with Gasteiger partial charge in [0.2, 0.25) is 0 Å². The molecule has 0 aromatic carbocycles. The van der Waals surface area contributed by atoms with E-state index >= 15 is 0 Å². The van der Waals surface area contributed by atoms with E-state index in [4.69, 9.17) is 0 Å². The zero-order valence-corrected chi connectivity index (χ0v) is 11.5.